The highest BCUT2D eigenvalue weighted by molar-refractivity contribution is 5.77. The predicted octanol–water partition coefficient (Wildman–Crippen LogP) is 3.21. The number of methoxy groups -OCH3 is 1. The van der Waals surface area contributed by atoms with E-state index < -0.39 is 5.60 Å². The second-order valence-corrected chi connectivity index (χ2v) is 5.12. The summed E-state index contributed by atoms with van der Waals surface area (Å²) >= 11 is 0. The van der Waals surface area contributed by atoms with Crippen molar-refractivity contribution in [2.24, 2.45) is 0 Å². The van der Waals surface area contributed by atoms with E-state index in [1.807, 2.05) is 30.3 Å². The van der Waals surface area contributed by atoms with Crippen LogP contribution in [0.1, 0.15) is 31.4 Å². The number of hydrogen-bond donors (Lipinski definition) is 1. The van der Waals surface area contributed by atoms with Gasteiger partial charge < -0.3 is 14.3 Å². The third-order valence-electron chi connectivity index (χ3n) is 3.98. The molecule has 0 bridgehead atoms. The summed E-state index contributed by atoms with van der Waals surface area (Å²) in [5.74, 6) is 0.693. The third-order valence-corrected chi connectivity index (χ3v) is 3.98. The number of para-hydroxylation sites is 1. The quantitative estimate of drug-likeness (QED) is 0.884. The van der Waals surface area contributed by atoms with E-state index in [2.05, 4.69) is 0 Å². The molecule has 1 N–H and O–H groups in total. The molecule has 1 fully saturated rings. The lowest BCUT2D eigenvalue weighted by atomic mass is 9.81. The van der Waals surface area contributed by atoms with Crippen molar-refractivity contribution in [2.45, 2.75) is 37.4 Å². The van der Waals surface area contributed by atoms with Gasteiger partial charge in [-0.25, -0.2) is 0 Å². The Morgan fingerprint density at radius 3 is 2.67 bits per heavy atom. The number of hydrogen-bond acceptors (Lipinski definition) is 3. The molecule has 0 amide bonds. The summed E-state index contributed by atoms with van der Waals surface area (Å²) < 4.78 is 11.1. The fourth-order valence-corrected chi connectivity index (χ4v) is 2.76. The number of aliphatic hydroxyl groups is 1. The first-order valence-corrected chi connectivity index (χ1v) is 6.45. The normalized spacial score (nSPS) is 28.7. The summed E-state index contributed by atoms with van der Waals surface area (Å²) in [4.78, 5) is 0. The first-order chi connectivity index (χ1) is 8.71. The number of fused-ring (bicyclic) bond motifs is 1. The lowest BCUT2D eigenvalue weighted by molar-refractivity contribution is -0.0592. The Bertz CT molecular complexity index is 502. The maximum absolute atomic E-state index is 10.7. The van der Waals surface area contributed by atoms with Crippen LogP contribution in [-0.4, -0.2) is 18.3 Å². The van der Waals surface area contributed by atoms with Crippen LogP contribution in [-0.2, 0) is 10.3 Å². The molecule has 96 valence electrons. The molecule has 0 aliphatic heterocycles. The lowest BCUT2D eigenvalue weighted by Gasteiger charge is -2.33. The Balaban J connectivity index is 1.89. The second kappa shape index (κ2) is 4.41. The summed E-state index contributed by atoms with van der Waals surface area (Å²) in [6, 6.07) is 9.83. The first-order valence-electron chi connectivity index (χ1n) is 6.45. The summed E-state index contributed by atoms with van der Waals surface area (Å²) in [5, 5.41) is 11.8. The monoisotopic (exact) mass is 246 g/mol. The minimum absolute atomic E-state index is 0.273. The van der Waals surface area contributed by atoms with Gasteiger partial charge in [0, 0.05) is 12.5 Å². The molecule has 1 aromatic carbocycles. The van der Waals surface area contributed by atoms with Gasteiger partial charge in [-0.3, -0.25) is 0 Å². The highest BCUT2D eigenvalue weighted by Gasteiger charge is 2.37. The Kier molecular flexibility index (Phi) is 2.88. The molecular weight excluding hydrogens is 228 g/mol. The SMILES string of the molecule is COC1CCC(O)(c2cc3ccccc3o2)CC1. The Morgan fingerprint density at radius 2 is 2.00 bits per heavy atom. The molecular formula is C15H18O3. The van der Waals surface area contributed by atoms with Gasteiger partial charge in [0.05, 0.1) is 6.10 Å². The maximum Gasteiger partial charge on any atom is 0.136 e. The Labute approximate surface area is 106 Å². The van der Waals surface area contributed by atoms with Crippen molar-refractivity contribution in [3.05, 3.63) is 36.1 Å². The zero-order chi connectivity index (χ0) is 12.6. The standard InChI is InChI=1S/C15H18O3/c1-17-12-6-8-15(16,9-7-12)14-10-11-4-2-3-5-13(11)18-14/h2-5,10,12,16H,6-9H2,1H3. The fourth-order valence-electron chi connectivity index (χ4n) is 2.76. The summed E-state index contributed by atoms with van der Waals surface area (Å²) in [6.07, 6.45) is 3.43. The van der Waals surface area contributed by atoms with Crippen molar-refractivity contribution in [3.63, 3.8) is 0 Å². The molecule has 1 heterocycles. The van der Waals surface area contributed by atoms with E-state index in [0.29, 0.717) is 18.6 Å². The van der Waals surface area contributed by atoms with E-state index in [9.17, 15) is 5.11 Å². The van der Waals surface area contributed by atoms with Gasteiger partial charge in [0.25, 0.3) is 0 Å². The van der Waals surface area contributed by atoms with Crippen molar-refractivity contribution >= 4 is 11.0 Å². The predicted molar refractivity (Wildman–Crippen MR) is 69.4 cm³/mol. The second-order valence-electron chi connectivity index (χ2n) is 5.12. The zero-order valence-corrected chi connectivity index (χ0v) is 10.6. The number of furan rings is 1. The number of rotatable bonds is 2. The highest BCUT2D eigenvalue weighted by Crippen LogP contribution is 2.39. The molecule has 1 aliphatic rings. The smallest absolute Gasteiger partial charge is 0.136 e. The van der Waals surface area contributed by atoms with Gasteiger partial charge in [0.1, 0.15) is 16.9 Å². The van der Waals surface area contributed by atoms with Crippen LogP contribution >= 0.6 is 0 Å². The lowest BCUT2D eigenvalue weighted by Crippen LogP contribution is -2.33. The van der Waals surface area contributed by atoms with Gasteiger partial charge in [0.2, 0.25) is 0 Å². The van der Waals surface area contributed by atoms with E-state index in [1.54, 1.807) is 7.11 Å². The maximum atomic E-state index is 10.7. The van der Waals surface area contributed by atoms with Crippen LogP contribution in [0, 0.1) is 0 Å². The topological polar surface area (TPSA) is 42.6 Å². The van der Waals surface area contributed by atoms with Crippen LogP contribution in [0.5, 0.6) is 0 Å². The summed E-state index contributed by atoms with van der Waals surface area (Å²) in [5.41, 5.74) is 0.0171. The van der Waals surface area contributed by atoms with Crippen LogP contribution in [0.2, 0.25) is 0 Å². The molecule has 0 radical (unpaired) electrons. The van der Waals surface area contributed by atoms with Crippen molar-refractivity contribution < 1.29 is 14.3 Å². The van der Waals surface area contributed by atoms with Crippen LogP contribution in [0.4, 0.5) is 0 Å². The average molecular weight is 246 g/mol. The largest absolute Gasteiger partial charge is 0.458 e. The molecule has 0 atom stereocenters. The van der Waals surface area contributed by atoms with Gasteiger partial charge in [0.15, 0.2) is 0 Å². The minimum Gasteiger partial charge on any atom is -0.458 e. The van der Waals surface area contributed by atoms with Crippen LogP contribution < -0.4 is 0 Å². The fraction of sp³-hybridized carbons (Fsp3) is 0.467. The molecule has 1 aromatic heterocycles. The molecule has 3 nitrogen and oxygen atoms in total. The van der Waals surface area contributed by atoms with E-state index >= 15 is 0 Å². The van der Waals surface area contributed by atoms with E-state index in [-0.39, 0.29) is 6.10 Å². The van der Waals surface area contributed by atoms with Crippen molar-refractivity contribution in [1.29, 1.82) is 0 Å². The minimum atomic E-state index is -0.825. The number of benzene rings is 1. The van der Waals surface area contributed by atoms with E-state index in [4.69, 9.17) is 9.15 Å². The zero-order valence-electron chi connectivity index (χ0n) is 10.6. The van der Waals surface area contributed by atoms with Crippen molar-refractivity contribution in [1.82, 2.24) is 0 Å². The van der Waals surface area contributed by atoms with Gasteiger partial charge in [-0.15, -0.1) is 0 Å². The molecule has 3 heteroatoms. The summed E-state index contributed by atoms with van der Waals surface area (Å²) in [6.45, 7) is 0. The third kappa shape index (κ3) is 1.93. The summed E-state index contributed by atoms with van der Waals surface area (Å²) in [7, 11) is 1.73. The number of ether oxygens (including phenoxy) is 1. The molecule has 3 rings (SSSR count). The van der Waals surface area contributed by atoms with E-state index in [1.165, 1.54) is 0 Å². The van der Waals surface area contributed by atoms with Gasteiger partial charge in [-0.1, -0.05) is 18.2 Å². The molecule has 2 aromatic rings. The molecule has 0 spiro atoms. The highest BCUT2D eigenvalue weighted by atomic mass is 16.5. The average Bonchev–Trinajstić information content (AvgIpc) is 2.84. The van der Waals surface area contributed by atoms with Gasteiger partial charge >= 0.3 is 0 Å². The first kappa shape index (κ1) is 11.8. The molecule has 1 aliphatic carbocycles. The van der Waals surface area contributed by atoms with Gasteiger partial charge in [-0.05, 0) is 37.8 Å². The van der Waals surface area contributed by atoms with Gasteiger partial charge in [-0.2, -0.15) is 0 Å². The van der Waals surface area contributed by atoms with Crippen LogP contribution in [0.25, 0.3) is 11.0 Å². The van der Waals surface area contributed by atoms with Crippen LogP contribution in [0.15, 0.2) is 34.7 Å². The van der Waals surface area contributed by atoms with Crippen LogP contribution in [0.3, 0.4) is 0 Å². The molecule has 0 saturated heterocycles. The van der Waals surface area contributed by atoms with Crippen molar-refractivity contribution in [3.8, 4) is 0 Å². The molecule has 18 heavy (non-hydrogen) atoms. The van der Waals surface area contributed by atoms with E-state index in [0.717, 1.165) is 23.8 Å². The Hall–Kier alpha value is -1.32. The molecule has 0 unspecified atom stereocenters. The molecule has 1 saturated carbocycles. The Morgan fingerprint density at radius 1 is 1.28 bits per heavy atom. The van der Waals surface area contributed by atoms with Crippen molar-refractivity contribution in [2.75, 3.05) is 7.11 Å².